The van der Waals surface area contributed by atoms with Crippen LogP contribution in [0.5, 0.6) is 0 Å². The smallest absolute Gasteiger partial charge is 0.162 e. The van der Waals surface area contributed by atoms with Crippen LogP contribution in [0.4, 0.5) is 0 Å². The molecule has 4 nitrogen and oxygen atoms in total. The Morgan fingerprint density at radius 1 is 1.13 bits per heavy atom. The molecule has 1 aliphatic rings. The first-order chi connectivity index (χ1) is 6.79. The van der Waals surface area contributed by atoms with E-state index in [-0.39, 0.29) is 11.3 Å². The molecule has 2 N–H and O–H groups in total. The van der Waals surface area contributed by atoms with Crippen molar-refractivity contribution in [2.75, 3.05) is 7.11 Å². The molecule has 5 unspecified atom stereocenters. The van der Waals surface area contributed by atoms with Gasteiger partial charge in [-0.2, -0.15) is 0 Å². The van der Waals surface area contributed by atoms with E-state index in [1.54, 1.807) is 14.0 Å². The van der Waals surface area contributed by atoms with Crippen molar-refractivity contribution >= 4 is 0 Å². The second kappa shape index (κ2) is 4.37. The van der Waals surface area contributed by atoms with Gasteiger partial charge in [-0.05, 0) is 5.41 Å². The number of aliphatic hydroxyl groups excluding tert-OH is 2. The van der Waals surface area contributed by atoms with Gasteiger partial charge in [0, 0.05) is 13.0 Å². The average Bonchev–Trinajstić information content (AvgIpc) is 2.13. The van der Waals surface area contributed by atoms with Gasteiger partial charge in [-0.25, -0.2) is 0 Å². The van der Waals surface area contributed by atoms with Gasteiger partial charge in [0.1, 0.15) is 6.10 Å². The summed E-state index contributed by atoms with van der Waals surface area (Å²) in [7, 11) is 1.55. The summed E-state index contributed by atoms with van der Waals surface area (Å²) in [6, 6.07) is 0. The van der Waals surface area contributed by atoms with Gasteiger partial charge in [0.2, 0.25) is 0 Å². The highest BCUT2D eigenvalue weighted by molar-refractivity contribution is 4.92. The van der Waals surface area contributed by atoms with Gasteiger partial charge in [-0.15, -0.1) is 0 Å². The molecule has 0 amide bonds. The number of hydrogen-bond donors (Lipinski definition) is 2. The van der Waals surface area contributed by atoms with Crippen molar-refractivity contribution in [3.05, 3.63) is 0 Å². The molecule has 90 valence electrons. The van der Waals surface area contributed by atoms with Crippen LogP contribution in [0.25, 0.3) is 0 Å². The number of hydrogen-bond acceptors (Lipinski definition) is 4. The largest absolute Gasteiger partial charge is 0.390 e. The first kappa shape index (κ1) is 12.9. The second-order valence-electron chi connectivity index (χ2n) is 5.37. The number of aliphatic hydroxyl groups is 2. The third-order valence-electron chi connectivity index (χ3n) is 2.99. The molecule has 0 saturated carbocycles. The average molecular weight is 218 g/mol. The van der Waals surface area contributed by atoms with Crippen LogP contribution >= 0.6 is 0 Å². The highest BCUT2D eigenvalue weighted by atomic mass is 16.7. The number of methoxy groups -OCH3 is 1. The Labute approximate surface area is 91.2 Å². The lowest BCUT2D eigenvalue weighted by Crippen LogP contribution is -2.57. The summed E-state index contributed by atoms with van der Waals surface area (Å²) >= 11 is 0. The summed E-state index contributed by atoms with van der Waals surface area (Å²) in [5.41, 5.74) is -0.225. The van der Waals surface area contributed by atoms with Crippen LogP contribution in [0.3, 0.4) is 0 Å². The highest BCUT2D eigenvalue weighted by Gasteiger charge is 2.46. The molecule has 1 fully saturated rings. The monoisotopic (exact) mass is 218 g/mol. The molecule has 0 bridgehead atoms. The van der Waals surface area contributed by atoms with E-state index in [2.05, 4.69) is 0 Å². The highest BCUT2D eigenvalue weighted by Crippen LogP contribution is 2.35. The predicted molar refractivity (Wildman–Crippen MR) is 56.3 cm³/mol. The van der Waals surface area contributed by atoms with Gasteiger partial charge in [-0.1, -0.05) is 27.7 Å². The SMILES string of the molecule is COC1OC(C(C)(C)C)C(O)C(O)C1C. The second-order valence-corrected chi connectivity index (χ2v) is 5.37. The topological polar surface area (TPSA) is 58.9 Å². The maximum absolute atomic E-state index is 9.93. The molecule has 0 radical (unpaired) electrons. The first-order valence-corrected chi connectivity index (χ1v) is 5.33. The van der Waals surface area contributed by atoms with E-state index >= 15 is 0 Å². The molecule has 0 aromatic heterocycles. The quantitative estimate of drug-likeness (QED) is 0.682. The molecule has 1 heterocycles. The molecular formula is C11H22O4. The van der Waals surface area contributed by atoms with Crippen LogP contribution in [0.15, 0.2) is 0 Å². The van der Waals surface area contributed by atoms with Crippen LogP contribution in [-0.2, 0) is 9.47 Å². The van der Waals surface area contributed by atoms with Crippen LogP contribution in [0.1, 0.15) is 27.7 Å². The molecule has 1 rings (SSSR count). The lowest BCUT2D eigenvalue weighted by Gasteiger charge is -2.45. The Bertz CT molecular complexity index is 209. The predicted octanol–water partition coefficient (Wildman–Crippen LogP) is 0.762. The number of ether oxygens (including phenoxy) is 2. The molecule has 1 saturated heterocycles. The summed E-state index contributed by atoms with van der Waals surface area (Å²) in [6.45, 7) is 7.71. The van der Waals surface area contributed by atoms with Crippen molar-refractivity contribution < 1.29 is 19.7 Å². The zero-order valence-electron chi connectivity index (χ0n) is 10.1. The van der Waals surface area contributed by atoms with Crippen molar-refractivity contribution in [1.82, 2.24) is 0 Å². The molecule has 15 heavy (non-hydrogen) atoms. The molecule has 0 aliphatic carbocycles. The minimum absolute atomic E-state index is 0.219. The van der Waals surface area contributed by atoms with Gasteiger partial charge in [0.25, 0.3) is 0 Å². The zero-order chi connectivity index (χ0) is 11.8. The molecular weight excluding hydrogens is 196 g/mol. The lowest BCUT2D eigenvalue weighted by molar-refractivity contribution is -0.288. The third kappa shape index (κ3) is 2.50. The van der Waals surface area contributed by atoms with Gasteiger partial charge >= 0.3 is 0 Å². The molecule has 5 atom stereocenters. The minimum Gasteiger partial charge on any atom is -0.390 e. The Morgan fingerprint density at radius 2 is 1.67 bits per heavy atom. The van der Waals surface area contributed by atoms with Crippen LogP contribution in [0.2, 0.25) is 0 Å². The van der Waals surface area contributed by atoms with Crippen LogP contribution in [-0.4, -0.2) is 41.9 Å². The summed E-state index contributed by atoms with van der Waals surface area (Å²) in [4.78, 5) is 0. The van der Waals surface area contributed by atoms with E-state index in [4.69, 9.17) is 9.47 Å². The van der Waals surface area contributed by atoms with E-state index in [1.165, 1.54) is 0 Å². The van der Waals surface area contributed by atoms with E-state index in [9.17, 15) is 10.2 Å². The summed E-state index contributed by atoms with van der Waals surface area (Å²) in [5, 5.41) is 19.8. The molecule has 0 aromatic rings. The van der Waals surface area contributed by atoms with Crippen molar-refractivity contribution in [2.45, 2.75) is 52.3 Å². The summed E-state index contributed by atoms with van der Waals surface area (Å²) < 4.78 is 10.8. The van der Waals surface area contributed by atoms with Crippen molar-refractivity contribution in [3.8, 4) is 0 Å². The van der Waals surface area contributed by atoms with Gasteiger partial charge in [0.05, 0.1) is 12.2 Å². The fraction of sp³-hybridized carbons (Fsp3) is 1.00. The van der Waals surface area contributed by atoms with E-state index in [0.717, 1.165) is 0 Å². The minimum atomic E-state index is -0.855. The molecule has 4 heteroatoms. The Kier molecular flexibility index (Phi) is 3.76. The molecule has 0 aromatic carbocycles. The van der Waals surface area contributed by atoms with Crippen molar-refractivity contribution in [2.24, 2.45) is 11.3 Å². The lowest BCUT2D eigenvalue weighted by atomic mass is 9.79. The maximum atomic E-state index is 9.93. The van der Waals surface area contributed by atoms with Crippen LogP contribution in [0, 0.1) is 11.3 Å². The summed E-state index contributed by atoms with van der Waals surface area (Å²) in [6.07, 6.45) is -2.51. The Hall–Kier alpha value is -0.160. The van der Waals surface area contributed by atoms with Gasteiger partial charge in [0.15, 0.2) is 6.29 Å². The van der Waals surface area contributed by atoms with E-state index in [1.807, 2.05) is 20.8 Å². The summed E-state index contributed by atoms with van der Waals surface area (Å²) in [5.74, 6) is -0.219. The zero-order valence-corrected chi connectivity index (χ0v) is 10.1. The first-order valence-electron chi connectivity index (χ1n) is 5.33. The normalized spacial score (nSPS) is 43.0. The molecule has 1 aliphatic heterocycles. The Morgan fingerprint density at radius 3 is 2.07 bits per heavy atom. The van der Waals surface area contributed by atoms with E-state index in [0.29, 0.717) is 0 Å². The van der Waals surface area contributed by atoms with Crippen molar-refractivity contribution in [3.63, 3.8) is 0 Å². The van der Waals surface area contributed by atoms with Crippen molar-refractivity contribution in [1.29, 1.82) is 0 Å². The third-order valence-corrected chi connectivity index (χ3v) is 2.99. The van der Waals surface area contributed by atoms with Gasteiger partial charge in [-0.3, -0.25) is 0 Å². The Balaban J connectivity index is 2.83. The maximum Gasteiger partial charge on any atom is 0.162 e. The molecule has 0 spiro atoms. The fourth-order valence-electron chi connectivity index (χ4n) is 1.99. The fourth-order valence-corrected chi connectivity index (χ4v) is 1.99. The number of rotatable bonds is 1. The standard InChI is InChI=1S/C11H22O4/c1-6-7(12)8(13)9(11(2,3)4)15-10(6)14-5/h6-10,12-13H,1-5H3. The van der Waals surface area contributed by atoms with E-state index < -0.39 is 24.6 Å². The van der Waals surface area contributed by atoms with Gasteiger partial charge < -0.3 is 19.7 Å². The van der Waals surface area contributed by atoms with Crippen LogP contribution < -0.4 is 0 Å².